The molecule has 124 valence electrons. The van der Waals surface area contributed by atoms with Crippen molar-refractivity contribution in [1.29, 1.82) is 0 Å². The van der Waals surface area contributed by atoms with Crippen LogP contribution in [0, 0.1) is 0 Å². The van der Waals surface area contributed by atoms with Crippen molar-refractivity contribution in [3.63, 3.8) is 0 Å². The number of hydrogen-bond donors (Lipinski definition) is 2. The van der Waals surface area contributed by atoms with Gasteiger partial charge in [0.25, 0.3) is 0 Å². The minimum Gasteiger partial charge on any atom is -0.497 e. The predicted molar refractivity (Wildman–Crippen MR) is 94.0 cm³/mol. The number of likely N-dealkylation sites (N-methyl/N-ethyl adjacent to an activating group) is 1. The van der Waals surface area contributed by atoms with E-state index in [1.807, 2.05) is 44.4 Å². The van der Waals surface area contributed by atoms with Crippen molar-refractivity contribution < 1.29 is 9.53 Å². The molecule has 0 radical (unpaired) electrons. The highest BCUT2D eigenvalue weighted by Gasteiger charge is 2.15. The van der Waals surface area contributed by atoms with Crippen molar-refractivity contribution in [2.75, 3.05) is 27.7 Å². The number of hydrogen-bond acceptors (Lipinski definition) is 4. The molecular formula is C17H23N3O2S. The largest absolute Gasteiger partial charge is 0.497 e. The van der Waals surface area contributed by atoms with E-state index in [4.69, 9.17) is 4.74 Å². The second kappa shape index (κ2) is 8.55. The van der Waals surface area contributed by atoms with Crippen molar-refractivity contribution in [1.82, 2.24) is 15.5 Å². The molecule has 1 aromatic carbocycles. The number of nitrogens with zero attached hydrogens (tertiary/aromatic N) is 1. The minimum absolute atomic E-state index is 0.163. The van der Waals surface area contributed by atoms with E-state index in [2.05, 4.69) is 27.0 Å². The minimum atomic E-state index is -0.163. The third kappa shape index (κ3) is 5.26. The van der Waals surface area contributed by atoms with Gasteiger partial charge in [0.05, 0.1) is 13.2 Å². The molecule has 23 heavy (non-hydrogen) atoms. The van der Waals surface area contributed by atoms with Gasteiger partial charge in [-0.3, -0.25) is 0 Å². The molecule has 0 aliphatic rings. The van der Waals surface area contributed by atoms with Crippen molar-refractivity contribution >= 4 is 17.4 Å². The van der Waals surface area contributed by atoms with Crippen LogP contribution in [0.25, 0.3) is 0 Å². The summed E-state index contributed by atoms with van der Waals surface area (Å²) in [6.07, 6.45) is 0. The summed E-state index contributed by atoms with van der Waals surface area (Å²) in [5.41, 5.74) is 1.03. The van der Waals surface area contributed by atoms with Crippen LogP contribution < -0.4 is 15.4 Å². The van der Waals surface area contributed by atoms with Gasteiger partial charge in [-0.1, -0.05) is 18.2 Å². The zero-order valence-electron chi connectivity index (χ0n) is 13.7. The fourth-order valence-electron chi connectivity index (χ4n) is 2.20. The van der Waals surface area contributed by atoms with Crippen LogP contribution in [0.3, 0.4) is 0 Å². The molecule has 2 N–H and O–H groups in total. The van der Waals surface area contributed by atoms with Crippen LogP contribution in [0.1, 0.15) is 16.5 Å². The third-order valence-electron chi connectivity index (χ3n) is 3.56. The molecule has 0 bridgehead atoms. The van der Waals surface area contributed by atoms with Crippen LogP contribution in [0.2, 0.25) is 0 Å². The predicted octanol–water partition coefficient (Wildman–Crippen LogP) is 2.86. The highest BCUT2D eigenvalue weighted by molar-refractivity contribution is 7.10. The molecular weight excluding hydrogens is 310 g/mol. The van der Waals surface area contributed by atoms with Crippen LogP contribution in [-0.4, -0.2) is 38.7 Å². The Bertz CT molecular complexity index is 597. The summed E-state index contributed by atoms with van der Waals surface area (Å²) in [4.78, 5) is 15.3. The first-order valence-electron chi connectivity index (χ1n) is 7.44. The van der Waals surface area contributed by atoms with E-state index >= 15 is 0 Å². The Morgan fingerprint density at radius 1 is 1.22 bits per heavy atom. The third-order valence-corrected chi connectivity index (χ3v) is 4.54. The summed E-state index contributed by atoms with van der Waals surface area (Å²) in [5.74, 6) is 0.808. The molecule has 1 heterocycles. The Balaban J connectivity index is 1.79. The monoisotopic (exact) mass is 333 g/mol. The van der Waals surface area contributed by atoms with Gasteiger partial charge in [-0.2, -0.15) is 0 Å². The molecule has 0 spiro atoms. The Morgan fingerprint density at radius 2 is 1.96 bits per heavy atom. The smallest absolute Gasteiger partial charge is 0.315 e. The fourth-order valence-corrected chi connectivity index (χ4v) is 3.12. The Kier molecular flexibility index (Phi) is 6.43. The summed E-state index contributed by atoms with van der Waals surface area (Å²) >= 11 is 1.70. The van der Waals surface area contributed by atoms with Crippen LogP contribution in [0.4, 0.5) is 4.79 Å². The number of thiophene rings is 1. The molecule has 0 fully saturated rings. The first-order chi connectivity index (χ1) is 11.1. The van der Waals surface area contributed by atoms with Gasteiger partial charge in [-0.25, -0.2) is 4.79 Å². The zero-order chi connectivity index (χ0) is 16.7. The van der Waals surface area contributed by atoms with E-state index in [0.717, 1.165) is 11.3 Å². The quantitative estimate of drug-likeness (QED) is 0.819. The summed E-state index contributed by atoms with van der Waals surface area (Å²) in [6.45, 7) is 1.06. The van der Waals surface area contributed by atoms with Crippen molar-refractivity contribution in [2.24, 2.45) is 0 Å². The van der Waals surface area contributed by atoms with Crippen LogP contribution >= 0.6 is 11.3 Å². The van der Waals surface area contributed by atoms with E-state index in [1.54, 1.807) is 18.4 Å². The average molecular weight is 333 g/mol. The Hall–Kier alpha value is -2.05. The molecule has 6 heteroatoms. The molecule has 2 rings (SSSR count). The number of rotatable bonds is 7. The second-order valence-electron chi connectivity index (χ2n) is 5.41. The van der Waals surface area contributed by atoms with E-state index in [0.29, 0.717) is 13.1 Å². The molecule has 0 aliphatic carbocycles. The lowest BCUT2D eigenvalue weighted by molar-refractivity contribution is 0.233. The molecule has 0 aliphatic heterocycles. The van der Waals surface area contributed by atoms with Gasteiger partial charge >= 0.3 is 6.03 Å². The van der Waals surface area contributed by atoms with E-state index < -0.39 is 0 Å². The summed E-state index contributed by atoms with van der Waals surface area (Å²) in [7, 11) is 5.66. The number of carbonyl (C=O) groups excluding carboxylic acids is 1. The van der Waals surface area contributed by atoms with Gasteiger partial charge in [0.15, 0.2) is 0 Å². The van der Waals surface area contributed by atoms with E-state index in [1.165, 1.54) is 4.88 Å². The van der Waals surface area contributed by atoms with Gasteiger partial charge in [0, 0.05) is 18.0 Å². The lowest BCUT2D eigenvalue weighted by Crippen LogP contribution is -2.40. The van der Waals surface area contributed by atoms with Crippen molar-refractivity contribution in [3.8, 4) is 5.75 Å². The normalized spacial score (nSPS) is 12.0. The van der Waals surface area contributed by atoms with E-state index in [-0.39, 0.29) is 12.1 Å². The standard InChI is InChI=1S/C17H23N3O2S/c1-20(2)15(16-5-4-10-23-16)12-19-17(21)18-11-13-6-8-14(22-3)9-7-13/h4-10,15H,11-12H2,1-3H3,(H2,18,19,21). The SMILES string of the molecule is COc1ccc(CNC(=O)NCC(c2cccs2)N(C)C)cc1. The fraction of sp³-hybridized carbons (Fsp3) is 0.353. The van der Waals surface area contributed by atoms with Gasteiger partial charge in [0.2, 0.25) is 0 Å². The van der Waals surface area contributed by atoms with Gasteiger partial charge < -0.3 is 20.3 Å². The lowest BCUT2D eigenvalue weighted by Gasteiger charge is -2.23. The summed E-state index contributed by atoms with van der Waals surface area (Å²) in [6, 6.07) is 11.8. The average Bonchev–Trinajstić information content (AvgIpc) is 3.07. The zero-order valence-corrected chi connectivity index (χ0v) is 14.5. The second-order valence-corrected chi connectivity index (χ2v) is 6.39. The number of urea groups is 1. The summed E-state index contributed by atoms with van der Waals surface area (Å²) in [5, 5.41) is 7.86. The molecule has 2 amide bonds. The van der Waals surface area contributed by atoms with Crippen LogP contribution in [0.15, 0.2) is 41.8 Å². The summed E-state index contributed by atoms with van der Waals surface area (Å²) < 4.78 is 5.11. The first kappa shape index (κ1) is 17.3. The number of benzene rings is 1. The molecule has 1 atom stereocenters. The number of carbonyl (C=O) groups is 1. The molecule has 2 aromatic rings. The molecule has 0 saturated carbocycles. The van der Waals surface area contributed by atoms with Crippen molar-refractivity contribution in [2.45, 2.75) is 12.6 Å². The van der Waals surface area contributed by atoms with Gasteiger partial charge in [0.1, 0.15) is 5.75 Å². The molecule has 0 saturated heterocycles. The Labute approximate surface area is 141 Å². The molecule has 1 aromatic heterocycles. The molecule has 5 nitrogen and oxygen atoms in total. The maximum absolute atomic E-state index is 12.0. The maximum Gasteiger partial charge on any atom is 0.315 e. The molecule has 1 unspecified atom stereocenters. The van der Waals surface area contributed by atoms with Gasteiger partial charge in [-0.15, -0.1) is 11.3 Å². The Morgan fingerprint density at radius 3 is 2.52 bits per heavy atom. The van der Waals surface area contributed by atoms with E-state index in [9.17, 15) is 4.79 Å². The number of methoxy groups -OCH3 is 1. The number of nitrogens with one attached hydrogen (secondary N) is 2. The van der Waals surface area contributed by atoms with Gasteiger partial charge in [-0.05, 0) is 43.2 Å². The highest BCUT2D eigenvalue weighted by atomic mass is 32.1. The highest BCUT2D eigenvalue weighted by Crippen LogP contribution is 2.22. The van der Waals surface area contributed by atoms with Crippen LogP contribution in [0.5, 0.6) is 5.75 Å². The number of amides is 2. The lowest BCUT2D eigenvalue weighted by atomic mass is 10.2. The van der Waals surface area contributed by atoms with Crippen LogP contribution in [-0.2, 0) is 6.54 Å². The first-order valence-corrected chi connectivity index (χ1v) is 8.32. The topological polar surface area (TPSA) is 53.6 Å². The maximum atomic E-state index is 12.0. The number of ether oxygens (including phenoxy) is 1. The van der Waals surface area contributed by atoms with Crippen molar-refractivity contribution in [3.05, 3.63) is 52.2 Å².